The molecule has 0 aliphatic rings. The third kappa shape index (κ3) is 3.03. The van der Waals surface area contributed by atoms with Crippen molar-refractivity contribution in [1.82, 2.24) is 0 Å². The molecule has 0 aromatic heterocycles. The number of amides is 1. The Morgan fingerprint density at radius 3 is 2.79 bits per heavy atom. The molecule has 94 valence electrons. The third-order valence-corrected chi connectivity index (χ3v) is 2.69. The molecule has 2 aromatic rings. The molecule has 0 aliphatic heterocycles. The fourth-order valence-electron chi connectivity index (χ4n) is 1.56. The largest absolute Gasteiger partial charge is 0.507 e. The first-order valence-corrected chi connectivity index (χ1v) is 5.78. The molecule has 2 N–H and O–H groups in total. The predicted octanol–water partition coefficient (Wildman–Crippen LogP) is 3.17. The molecule has 5 heteroatoms. The summed E-state index contributed by atoms with van der Waals surface area (Å²) in [7, 11) is 0. The van der Waals surface area contributed by atoms with Gasteiger partial charge in [-0.25, -0.2) is 0 Å². The lowest BCUT2D eigenvalue weighted by molar-refractivity contribution is 0.102. The van der Waals surface area contributed by atoms with Crippen LogP contribution in [0.4, 0.5) is 5.69 Å². The summed E-state index contributed by atoms with van der Waals surface area (Å²) in [6.45, 7) is 0. The van der Waals surface area contributed by atoms with Crippen LogP contribution in [0.5, 0.6) is 5.75 Å². The molecule has 0 heterocycles. The minimum absolute atomic E-state index is 0.0786. The van der Waals surface area contributed by atoms with Crippen LogP contribution >= 0.6 is 11.6 Å². The van der Waals surface area contributed by atoms with Gasteiger partial charge >= 0.3 is 0 Å². The fourth-order valence-corrected chi connectivity index (χ4v) is 1.73. The number of anilines is 1. The van der Waals surface area contributed by atoms with E-state index in [1.54, 1.807) is 24.3 Å². The maximum absolute atomic E-state index is 12.0. The number of aromatic hydroxyl groups is 1. The van der Waals surface area contributed by atoms with E-state index in [0.29, 0.717) is 16.3 Å². The highest BCUT2D eigenvalue weighted by Gasteiger charge is 2.12. The average Bonchev–Trinajstić information content (AvgIpc) is 2.41. The summed E-state index contributed by atoms with van der Waals surface area (Å²) >= 11 is 5.78. The summed E-state index contributed by atoms with van der Waals surface area (Å²) in [6, 6.07) is 12.7. The molecule has 0 radical (unpaired) electrons. The van der Waals surface area contributed by atoms with Gasteiger partial charge in [0.15, 0.2) is 0 Å². The Kier molecular flexibility index (Phi) is 3.69. The molecule has 2 aromatic carbocycles. The van der Waals surface area contributed by atoms with Crippen molar-refractivity contribution < 1.29 is 9.90 Å². The summed E-state index contributed by atoms with van der Waals surface area (Å²) in [5.41, 5.74) is 0.992. The van der Waals surface area contributed by atoms with Crippen molar-refractivity contribution in [3.63, 3.8) is 0 Å². The van der Waals surface area contributed by atoms with Gasteiger partial charge in [-0.3, -0.25) is 4.79 Å². The summed E-state index contributed by atoms with van der Waals surface area (Å²) in [4.78, 5) is 12.0. The van der Waals surface area contributed by atoms with E-state index in [-0.39, 0.29) is 11.3 Å². The zero-order valence-electron chi connectivity index (χ0n) is 9.72. The Bertz CT molecular complexity index is 677. The Balaban J connectivity index is 2.26. The Labute approximate surface area is 114 Å². The van der Waals surface area contributed by atoms with Gasteiger partial charge in [0.05, 0.1) is 17.2 Å². The Hall–Kier alpha value is -2.51. The van der Waals surface area contributed by atoms with Crippen LogP contribution in [0.2, 0.25) is 5.02 Å². The van der Waals surface area contributed by atoms with E-state index in [1.807, 2.05) is 6.07 Å². The van der Waals surface area contributed by atoms with Gasteiger partial charge in [0, 0.05) is 10.7 Å². The SMILES string of the molecule is N#Cc1cccc(NC(=O)c2cc(Cl)ccc2O)c1. The number of benzene rings is 2. The molecule has 19 heavy (non-hydrogen) atoms. The second kappa shape index (κ2) is 5.42. The highest BCUT2D eigenvalue weighted by Crippen LogP contribution is 2.22. The van der Waals surface area contributed by atoms with E-state index in [2.05, 4.69) is 5.32 Å². The zero-order chi connectivity index (χ0) is 13.8. The van der Waals surface area contributed by atoms with Gasteiger partial charge < -0.3 is 10.4 Å². The first-order valence-electron chi connectivity index (χ1n) is 5.40. The number of phenols is 1. The highest BCUT2D eigenvalue weighted by molar-refractivity contribution is 6.31. The number of nitrogens with zero attached hydrogens (tertiary/aromatic N) is 1. The lowest BCUT2D eigenvalue weighted by Crippen LogP contribution is -2.12. The fraction of sp³-hybridized carbons (Fsp3) is 0. The second-order valence-corrected chi connectivity index (χ2v) is 4.24. The van der Waals surface area contributed by atoms with Crippen LogP contribution in [-0.4, -0.2) is 11.0 Å². The maximum atomic E-state index is 12.0. The molecule has 2 rings (SSSR count). The van der Waals surface area contributed by atoms with Crippen LogP contribution in [0.15, 0.2) is 42.5 Å². The van der Waals surface area contributed by atoms with Crippen molar-refractivity contribution in [1.29, 1.82) is 5.26 Å². The first kappa shape index (κ1) is 12.9. The number of nitriles is 1. The molecule has 0 saturated carbocycles. The maximum Gasteiger partial charge on any atom is 0.259 e. The van der Waals surface area contributed by atoms with E-state index in [0.717, 1.165) is 0 Å². The topological polar surface area (TPSA) is 73.1 Å². The van der Waals surface area contributed by atoms with Gasteiger partial charge in [0.1, 0.15) is 5.75 Å². The lowest BCUT2D eigenvalue weighted by atomic mass is 10.1. The number of halogens is 1. The quantitative estimate of drug-likeness (QED) is 0.882. The molecule has 1 amide bonds. The number of hydrogen-bond donors (Lipinski definition) is 2. The van der Waals surface area contributed by atoms with E-state index >= 15 is 0 Å². The number of rotatable bonds is 2. The molecule has 0 spiro atoms. The van der Waals surface area contributed by atoms with Gasteiger partial charge in [-0.1, -0.05) is 17.7 Å². The number of phenolic OH excluding ortho intramolecular Hbond substituents is 1. The highest BCUT2D eigenvalue weighted by atomic mass is 35.5. The van der Waals surface area contributed by atoms with Crippen molar-refractivity contribution in [3.05, 3.63) is 58.6 Å². The van der Waals surface area contributed by atoms with Crippen LogP contribution < -0.4 is 5.32 Å². The Morgan fingerprint density at radius 1 is 1.26 bits per heavy atom. The number of nitrogens with one attached hydrogen (secondary N) is 1. The summed E-state index contributed by atoms with van der Waals surface area (Å²) in [5, 5.41) is 21.3. The minimum atomic E-state index is -0.491. The standard InChI is InChI=1S/C14H9ClN2O2/c15-10-4-5-13(18)12(7-10)14(19)17-11-3-1-2-9(6-11)8-16/h1-7,18H,(H,17,19). The summed E-state index contributed by atoms with van der Waals surface area (Å²) in [6.07, 6.45) is 0. The molecule has 0 saturated heterocycles. The van der Waals surface area contributed by atoms with Gasteiger partial charge in [0.25, 0.3) is 5.91 Å². The molecular formula is C14H9ClN2O2. The van der Waals surface area contributed by atoms with Crippen LogP contribution in [0.3, 0.4) is 0 Å². The van der Waals surface area contributed by atoms with Gasteiger partial charge in [-0.15, -0.1) is 0 Å². The van der Waals surface area contributed by atoms with E-state index in [1.165, 1.54) is 18.2 Å². The normalized spacial score (nSPS) is 9.68. The second-order valence-electron chi connectivity index (χ2n) is 3.81. The summed E-state index contributed by atoms with van der Waals surface area (Å²) in [5.74, 6) is -0.645. The van der Waals surface area contributed by atoms with Crippen LogP contribution in [-0.2, 0) is 0 Å². The average molecular weight is 273 g/mol. The minimum Gasteiger partial charge on any atom is -0.507 e. The Morgan fingerprint density at radius 2 is 2.05 bits per heavy atom. The molecule has 4 nitrogen and oxygen atoms in total. The first-order chi connectivity index (χ1) is 9.10. The third-order valence-electron chi connectivity index (χ3n) is 2.45. The lowest BCUT2D eigenvalue weighted by Gasteiger charge is -2.07. The van der Waals surface area contributed by atoms with Crippen molar-refractivity contribution in [2.24, 2.45) is 0 Å². The van der Waals surface area contributed by atoms with Crippen LogP contribution in [0, 0.1) is 11.3 Å². The van der Waals surface area contributed by atoms with Gasteiger partial charge in [-0.2, -0.15) is 5.26 Å². The number of hydrogen-bond acceptors (Lipinski definition) is 3. The molecular weight excluding hydrogens is 264 g/mol. The van der Waals surface area contributed by atoms with Crippen molar-refractivity contribution in [2.75, 3.05) is 5.32 Å². The van der Waals surface area contributed by atoms with E-state index in [9.17, 15) is 9.90 Å². The van der Waals surface area contributed by atoms with E-state index in [4.69, 9.17) is 16.9 Å². The van der Waals surface area contributed by atoms with E-state index < -0.39 is 5.91 Å². The van der Waals surface area contributed by atoms with Crippen LogP contribution in [0.25, 0.3) is 0 Å². The summed E-state index contributed by atoms with van der Waals surface area (Å²) < 4.78 is 0. The molecule has 0 bridgehead atoms. The van der Waals surface area contributed by atoms with Crippen molar-refractivity contribution in [2.45, 2.75) is 0 Å². The van der Waals surface area contributed by atoms with Crippen LogP contribution in [0.1, 0.15) is 15.9 Å². The van der Waals surface area contributed by atoms with Crippen molar-refractivity contribution >= 4 is 23.2 Å². The van der Waals surface area contributed by atoms with Gasteiger partial charge in [-0.05, 0) is 36.4 Å². The zero-order valence-corrected chi connectivity index (χ0v) is 10.5. The van der Waals surface area contributed by atoms with Crippen molar-refractivity contribution in [3.8, 4) is 11.8 Å². The monoisotopic (exact) mass is 272 g/mol. The molecule has 0 unspecified atom stereocenters. The molecule has 0 atom stereocenters. The predicted molar refractivity (Wildman–Crippen MR) is 72.2 cm³/mol. The smallest absolute Gasteiger partial charge is 0.259 e. The van der Waals surface area contributed by atoms with Gasteiger partial charge in [0.2, 0.25) is 0 Å². The molecule has 0 aliphatic carbocycles. The number of carbonyl (C=O) groups excluding carboxylic acids is 1. The number of carbonyl (C=O) groups is 1. The molecule has 0 fully saturated rings.